The summed E-state index contributed by atoms with van der Waals surface area (Å²) in [7, 11) is 0. The molecule has 1 N–H and O–H groups in total. The molecule has 28 heavy (non-hydrogen) atoms. The van der Waals surface area contributed by atoms with Gasteiger partial charge in [-0.2, -0.15) is 13.2 Å². The summed E-state index contributed by atoms with van der Waals surface area (Å²) in [6.07, 6.45) is -4.36. The number of hydrogen-bond donors (Lipinski definition) is 1. The second-order valence-corrected chi connectivity index (χ2v) is 6.74. The first-order valence-corrected chi connectivity index (χ1v) is 8.79. The van der Waals surface area contributed by atoms with Crippen LogP contribution in [-0.4, -0.2) is 9.97 Å². The number of H-pyrrole nitrogens is 1. The lowest BCUT2D eigenvalue weighted by molar-refractivity contribution is -0.137. The quantitative estimate of drug-likeness (QED) is 0.401. The maximum Gasteiger partial charge on any atom is 0.416 e. The minimum atomic E-state index is -4.36. The van der Waals surface area contributed by atoms with Crippen molar-refractivity contribution in [1.82, 2.24) is 9.97 Å². The predicted octanol–water partition coefficient (Wildman–Crippen LogP) is 6.98. The van der Waals surface area contributed by atoms with Crippen LogP contribution in [0.2, 0.25) is 5.02 Å². The van der Waals surface area contributed by atoms with E-state index in [0.717, 1.165) is 29.1 Å². The number of rotatable bonds is 3. The van der Waals surface area contributed by atoms with Crippen molar-refractivity contribution in [2.75, 3.05) is 0 Å². The van der Waals surface area contributed by atoms with Crippen LogP contribution in [0.25, 0.3) is 34.2 Å². The zero-order valence-corrected chi connectivity index (χ0v) is 15.4. The third-order valence-electron chi connectivity index (χ3n) is 4.34. The van der Waals surface area contributed by atoms with E-state index in [1.165, 1.54) is 12.1 Å². The van der Waals surface area contributed by atoms with E-state index in [-0.39, 0.29) is 0 Å². The van der Waals surface area contributed by atoms with Crippen LogP contribution < -0.4 is 0 Å². The van der Waals surface area contributed by atoms with Gasteiger partial charge < -0.3 is 9.40 Å². The summed E-state index contributed by atoms with van der Waals surface area (Å²) in [4.78, 5) is 7.77. The fraction of sp³-hybridized carbons (Fsp3) is 0.0952. The second-order valence-electron chi connectivity index (χ2n) is 6.30. The van der Waals surface area contributed by atoms with Crippen molar-refractivity contribution in [3.63, 3.8) is 0 Å². The molecular formula is C21H14ClF3N2O. The van der Waals surface area contributed by atoms with E-state index < -0.39 is 11.7 Å². The van der Waals surface area contributed by atoms with Crippen molar-refractivity contribution in [3.05, 3.63) is 76.9 Å². The lowest BCUT2D eigenvalue weighted by Gasteiger charge is -2.06. The predicted molar refractivity (Wildman–Crippen MR) is 102 cm³/mol. The van der Waals surface area contributed by atoms with Gasteiger partial charge in [0.25, 0.3) is 0 Å². The van der Waals surface area contributed by atoms with Crippen LogP contribution in [0.15, 0.2) is 65.1 Å². The molecule has 0 radical (unpaired) electrons. The molecular weight excluding hydrogens is 389 g/mol. The van der Waals surface area contributed by atoms with Gasteiger partial charge in [-0.15, -0.1) is 0 Å². The first-order valence-electron chi connectivity index (χ1n) is 8.41. The van der Waals surface area contributed by atoms with Gasteiger partial charge in [-0.1, -0.05) is 35.9 Å². The summed E-state index contributed by atoms with van der Waals surface area (Å²) >= 11 is 5.93. The van der Waals surface area contributed by atoms with Gasteiger partial charge in [0.1, 0.15) is 5.76 Å². The van der Waals surface area contributed by atoms with E-state index in [4.69, 9.17) is 16.0 Å². The highest BCUT2D eigenvalue weighted by molar-refractivity contribution is 6.30. The monoisotopic (exact) mass is 402 g/mol. The van der Waals surface area contributed by atoms with Crippen LogP contribution in [0.4, 0.5) is 13.2 Å². The van der Waals surface area contributed by atoms with Gasteiger partial charge in [0.05, 0.1) is 11.3 Å². The molecule has 2 aromatic carbocycles. The van der Waals surface area contributed by atoms with E-state index in [0.29, 0.717) is 27.9 Å². The molecule has 2 aromatic heterocycles. The van der Waals surface area contributed by atoms with Gasteiger partial charge in [0, 0.05) is 21.8 Å². The molecule has 7 heteroatoms. The summed E-state index contributed by atoms with van der Waals surface area (Å²) in [6, 6.07) is 15.6. The molecule has 3 nitrogen and oxygen atoms in total. The summed E-state index contributed by atoms with van der Waals surface area (Å²) < 4.78 is 43.9. The molecule has 0 saturated carbocycles. The molecule has 0 spiro atoms. The normalized spacial score (nSPS) is 11.8. The Labute approximate surface area is 163 Å². The molecule has 0 fully saturated rings. The number of halogens is 4. The number of aryl methyl sites for hydroxylation is 1. The molecule has 2 heterocycles. The molecule has 0 aliphatic rings. The second kappa shape index (κ2) is 6.87. The summed E-state index contributed by atoms with van der Waals surface area (Å²) in [5, 5.41) is 0.643. The Kier molecular flexibility index (Phi) is 4.51. The van der Waals surface area contributed by atoms with Crippen LogP contribution in [0.5, 0.6) is 0 Å². The number of furan rings is 1. The van der Waals surface area contributed by atoms with E-state index in [9.17, 15) is 13.2 Å². The summed E-state index contributed by atoms with van der Waals surface area (Å²) in [5.41, 5.74) is 2.42. The Morgan fingerprint density at radius 3 is 2.11 bits per heavy atom. The molecule has 0 unspecified atom stereocenters. The maximum absolute atomic E-state index is 12.7. The van der Waals surface area contributed by atoms with Gasteiger partial charge in [0.15, 0.2) is 11.6 Å². The molecule has 142 valence electrons. The third kappa shape index (κ3) is 3.55. The number of alkyl halides is 3. The molecule has 4 rings (SSSR count). The van der Waals surface area contributed by atoms with Crippen molar-refractivity contribution < 1.29 is 17.6 Å². The van der Waals surface area contributed by atoms with Crippen molar-refractivity contribution in [3.8, 4) is 34.2 Å². The zero-order valence-electron chi connectivity index (χ0n) is 14.6. The summed E-state index contributed by atoms with van der Waals surface area (Å²) in [5.74, 6) is 1.50. The molecule has 0 aliphatic carbocycles. The molecule has 0 atom stereocenters. The number of benzene rings is 2. The zero-order chi connectivity index (χ0) is 19.9. The van der Waals surface area contributed by atoms with Crippen molar-refractivity contribution >= 4 is 11.6 Å². The highest BCUT2D eigenvalue weighted by Crippen LogP contribution is 2.33. The Balaban J connectivity index is 1.63. The van der Waals surface area contributed by atoms with Crippen LogP contribution in [0, 0.1) is 6.92 Å². The number of nitrogens with zero attached hydrogens (tertiary/aromatic N) is 1. The average molecular weight is 403 g/mol. The van der Waals surface area contributed by atoms with Gasteiger partial charge in [0.2, 0.25) is 0 Å². The summed E-state index contributed by atoms with van der Waals surface area (Å²) in [6.45, 7) is 1.90. The highest BCUT2D eigenvalue weighted by Gasteiger charge is 2.30. The van der Waals surface area contributed by atoms with E-state index in [2.05, 4.69) is 9.97 Å². The van der Waals surface area contributed by atoms with Gasteiger partial charge in [-0.25, -0.2) is 4.98 Å². The third-order valence-corrected chi connectivity index (χ3v) is 4.59. The highest BCUT2D eigenvalue weighted by atomic mass is 35.5. The lowest BCUT2D eigenvalue weighted by atomic mass is 10.1. The van der Waals surface area contributed by atoms with Crippen LogP contribution in [0.3, 0.4) is 0 Å². The first kappa shape index (κ1) is 18.4. The number of hydrogen-bond acceptors (Lipinski definition) is 2. The minimum Gasteiger partial charge on any atom is -0.453 e. The average Bonchev–Trinajstić information content (AvgIpc) is 3.29. The van der Waals surface area contributed by atoms with Gasteiger partial charge in [-0.3, -0.25) is 0 Å². The molecule has 4 aromatic rings. The van der Waals surface area contributed by atoms with Crippen LogP contribution >= 0.6 is 11.6 Å². The number of aromatic amines is 1. The molecule has 0 aliphatic heterocycles. The van der Waals surface area contributed by atoms with Crippen molar-refractivity contribution in [2.45, 2.75) is 13.1 Å². The van der Waals surface area contributed by atoms with Gasteiger partial charge in [-0.05, 0) is 43.3 Å². The fourth-order valence-electron chi connectivity index (χ4n) is 2.91. The number of imidazole rings is 1. The fourth-order valence-corrected chi connectivity index (χ4v) is 3.04. The Morgan fingerprint density at radius 2 is 1.46 bits per heavy atom. The van der Waals surface area contributed by atoms with Gasteiger partial charge >= 0.3 is 6.18 Å². The van der Waals surface area contributed by atoms with Crippen LogP contribution in [-0.2, 0) is 6.18 Å². The largest absolute Gasteiger partial charge is 0.453 e. The maximum atomic E-state index is 12.7. The minimum absolute atomic E-state index is 0.464. The van der Waals surface area contributed by atoms with E-state index in [1.54, 1.807) is 24.3 Å². The Bertz CT molecular complexity index is 1110. The SMILES string of the molecule is Cc1[nH]c(-c2ccc(-c3ccc(C(F)(F)F)cc3)o2)nc1-c1ccc(Cl)cc1. The van der Waals surface area contributed by atoms with Crippen molar-refractivity contribution in [2.24, 2.45) is 0 Å². The smallest absolute Gasteiger partial charge is 0.416 e. The Morgan fingerprint density at radius 1 is 0.857 bits per heavy atom. The van der Waals surface area contributed by atoms with Crippen molar-refractivity contribution in [1.29, 1.82) is 0 Å². The number of aromatic nitrogens is 2. The standard InChI is InChI=1S/C21H14ClF3N2O/c1-12-19(14-4-8-16(22)9-5-14)27-20(26-12)18-11-10-17(28-18)13-2-6-15(7-3-13)21(23,24)25/h2-11H,1H3,(H,26,27). The topological polar surface area (TPSA) is 41.8 Å². The van der Waals surface area contributed by atoms with Crippen LogP contribution in [0.1, 0.15) is 11.3 Å². The molecule has 0 bridgehead atoms. The van der Waals surface area contributed by atoms with E-state index >= 15 is 0 Å². The number of nitrogens with one attached hydrogen (secondary N) is 1. The Hall–Kier alpha value is -2.99. The molecule has 0 amide bonds. The molecule has 0 saturated heterocycles. The van der Waals surface area contributed by atoms with E-state index in [1.807, 2.05) is 19.1 Å². The lowest BCUT2D eigenvalue weighted by Crippen LogP contribution is -2.03. The first-order chi connectivity index (χ1) is 13.3.